The SMILES string of the molecule is CN[C@@H](C)C(=O)N[C@H](C(=O)N1CCCC1CN[C@H](CNC(=O)c1cccc(C(=O)NC[C@@H](NC(=O)C2CCCN2C(=O)[C@@H](NC(=O)[C@H](C)NC)C(C)(C)C)C2CCCCC2)c1)C1CCCCC1)C(C)(C)C. The van der Waals surface area contributed by atoms with Gasteiger partial charge in [-0.25, -0.2) is 0 Å². The normalized spacial score (nSPS) is 21.8. The summed E-state index contributed by atoms with van der Waals surface area (Å²) in [6, 6.07) is 3.15. The van der Waals surface area contributed by atoms with Gasteiger partial charge in [-0.1, -0.05) is 86.1 Å². The average Bonchev–Trinajstić information content (AvgIpc) is 4.06. The first kappa shape index (κ1) is 57.3. The molecule has 2 unspecified atom stereocenters. The molecule has 8 atom stereocenters. The Labute approximate surface area is 424 Å². The predicted molar refractivity (Wildman–Crippen MR) is 277 cm³/mol. The Morgan fingerprint density at radius 1 is 0.577 bits per heavy atom. The Morgan fingerprint density at radius 3 is 1.52 bits per heavy atom. The van der Waals surface area contributed by atoms with Crippen molar-refractivity contribution in [3.05, 3.63) is 35.4 Å². The fraction of sp³-hybridized carbons (Fsp3) is 0.759. The molecular formula is C54H90N10O7. The van der Waals surface area contributed by atoms with Crippen LogP contribution in [-0.2, 0) is 24.0 Å². The van der Waals surface area contributed by atoms with Gasteiger partial charge in [0.1, 0.15) is 18.1 Å². The molecule has 7 amide bonds. The van der Waals surface area contributed by atoms with Crippen LogP contribution in [-0.4, -0.2) is 146 Å². The molecule has 0 aromatic heterocycles. The van der Waals surface area contributed by atoms with Gasteiger partial charge in [0.2, 0.25) is 29.5 Å². The number of hydrogen-bond acceptors (Lipinski definition) is 10. The van der Waals surface area contributed by atoms with E-state index in [0.717, 1.165) is 70.6 Å². The van der Waals surface area contributed by atoms with E-state index in [0.29, 0.717) is 56.1 Å². The Morgan fingerprint density at radius 2 is 1.03 bits per heavy atom. The maximum absolute atomic E-state index is 14.2. The van der Waals surface area contributed by atoms with Gasteiger partial charge in [0.15, 0.2) is 0 Å². The predicted octanol–water partition coefficient (Wildman–Crippen LogP) is 4.01. The summed E-state index contributed by atoms with van der Waals surface area (Å²) in [5.41, 5.74) is -0.391. The quantitative estimate of drug-likeness (QED) is 0.0885. The fourth-order valence-corrected chi connectivity index (χ4v) is 10.9. The smallest absolute Gasteiger partial charge is 0.251 e. The zero-order chi connectivity index (χ0) is 52.0. The van der Waals surface area contributed by atoms with Crippen LogP contribution < -0.4 is 42.5 Å². The molecule has 0 bridgehead atoms. The molecule has 1 aromatic rings. The van der Waals surface area contributed by atoms with Gasteiger partial charge in [0.25, 0.3) is 11.8 Å². The summed E-state index contributed by atoms with van der Waals surface area (Å²) in [5, 5.41) is 25.1. The zero-order valence-corrected chi connectivity index (χ0v) is 44.8. The molecule has 0 spiro atoms. The third-order valence-corrected chi connectivity index (χ3v) is 15.7. The summed E-state index contributed by atoms with van der Waals surface area (Å²) in [4.78, 5) is 99.6. The van der Waals surface area contributed by atoms with Crippen molar-refractivity contribution in [1.82, 2.24) is 52.3 Å². The van der Waals surface area contributed by atoms with Crippen molar-refractivity contribution in [3.63, 3.8) is 0 Å². The Bertz CT molecular complexity index is 1970. The molecule has 1 aromatic carbocycles. The first-order chi connectivity index (χ1) is 33.6. The minimum atomic E-state index is -0.824. The van der Waals surface area contributed by atoms with Crippen LogP contribution in [0.15, 0.2) is 24.3 Å². The Hall–Kier alpha value is -4.61. The van der Waals surface area contributed by atoms with E-state index in [4.69, 9.17) is 0 Å². The van der Waals surface area contributed by atoms with E-state index >= 15 is 0 Å². The van der Waals surface area contributed by atoms with E-state index < -0.39 is 41.0 Å². The van der Waals surface area contributed by atoms with Crippen molar-refractivity contribution >= 4 is 41.4 Å². The van der Waals surface area contributed by atoms with E-state index in [1.165, 1.54) is 6.42 Å². The minimum Gasteiger partial charge on any atom is -0.350 e. The van der Waals surface area contributed by atoms with Crippen LogP contribution >= 0.6 is 0 Å². The van der Waals surface area contributed by atoms with E-state index in [9.17, 15) is 33.6 Å². The monoisotopic (exact) mass is 991 g/mol. The molecule has 17 nitrogen and oxygen atoms in total. The molecule has 4 aliphatic rings. The summed E-state index contributed by atoms with van der Waals surface area (Å²) in [7, 11) is 3.41. The zero-order valence-electron chi connectivity index (χ0n) is 44.8. The van der Waals surface area contributed by atoms with Gasteiger partial charge in [-0.2, -0.15) is 0 Å². The summed E-state index contributed by atoms with van der Waals surface area (Å²) in [6.07, 6.45) is 13.4. The second-order valence-electron chi connectivity index (χ2n) is 23.1. The van der Waals surface area contributed by atoms with Crippen molar-refractivity contribution in [3.8, 4) is 0 Å². The topological polar surface area (TPSA) is 222 Å². The van der Waals surface area contributed by atoms with Crippen molar-refractivity contribution in [2.45, 2.75) is 194 Å². The molecule has 5 rings (SSSR count). The van der Waals surface area contributed by atoms with Crippen LogP contribution in [0.5, 0.6) is 0 Å². The van der Waals surface area contributed by atoms with Crippen molar-refractivity contribution in [2.24, 2.45) is 22.7 Å². The van der Waals surface area contributed by atoms with Crippen molar-refractivity contribution < 1.29 is 33.6 Å². The highest BCUT2D eigenvalue weighted by atomic mass is 16.2. The lowest BCUT2D eigenvalue weighted by molar-refractivity contribution is -0.144. The molecule has 2 aliphatic heterocycles. The van der Waals surface area contributed by atoms with Gasteiger partial charge >= 0.3 is 0 Å². The van der Waals surface area contributed by atoms with Gasteiger partial charge in [-0.05, 0) is 120 Å². The highest BCUT2D eigenvalue weighted by Gasteiger charge is 2.44. The number of hydrogen-bond donors (Lipinski definition) is 8. The number of nitrogens with zero attached hydrogens (tertiary/aromatic N) is 2. The second kappa shape index (κ2) is 26.4. The minimum absolute atomic E-state index is 0.0211. The van der Waals surface area contributed by atoms with Gasteiger partial charge in [0, 0.05) is 62.0 Å². The number of carbonyl (C=O) groups excluding carboxylic acids is 7. The number of likely N-dealkylation sites (N-methyl/N-ethyl adjacent to an activating group) is 2. The molecule has 0 radical (unpaired) electrons. The molecule has 398 valence electrons. The largest absolute Gasteiger partial charge is 0.350 e. The Kier molecular flexibility index (Phi) is 21.3. The van der Waals surface area contributed by atoms with Gasteiger partial charge < -0.3 is 52.3 Å². The van der Waals surface area contributed by atoms with Crippen molar-refractivity contribution in [1.29, 1.82) is 0 Å². The summed E-state index contributed by atoms with van der Waals surface area (Å²) in [5.74, 6) is -1.25. The summed E-state index contributed by atoms with van der Waals surface area (Å²) >= 11 is 0. The molecule has 8 N–H and O–H groups in total. The van der Waals surface area contributed by atoms with Crippen molar-refractivity contribution in [2.75, 3.05) is 46.8 Å². The average molecular weight is 991 g/mol. The summed E-state index contributed by atoms with van der Waals surface area (Å²) < 4.78 is 0. The number of benzene rings is 1. The maximum atomic E-state index is 14.2. The highest BCUT2D eigenvalue weighted by molar-refractivity contribution is 6.00. The van der Waals surface area contributed by atoms with E-state index in [1.807, 2.05) is 46.4 Å². The molecule has 2 aliphatic carbocycles. The molecule has 2 saturated heterocycles. The molecular weight excluding hydrogens is 901 g/mol. The highest BCUT2D eigenvalue weighted by Crippen LogP contribution is 2.31. The van der Waals surface area contributed by atoms with E-state index in [2.05, 4.69) is 42.5 Å². The van der Waals surface area contributed by atoms with Crippen LogP contribution in [0.3, 0.4) is 0 Å². The Balaban J connectivity index is 1.21. The lowest BCUT2D eigenvalue weighted by Crippen LogP contribution is -2.60. The van der Waals surface area contributed by atoms with Crippen LogP contribution in [0.2, 0.25) is 0 Å². The van der Waals surface area contributed by atoms with E-state index in [-0.39, 0.29) is 71.9 Å². The van der Waals surface area contributed by atoms with Crippen LogP contribution in [0, 0.1) is 22.7 Å². The fourth-order valence-electron chi connectivity index (χ4n) is 10.9. The van der Waals surface area contributed by atoms with E-state index in [1.54, 1.807) is 57.1 Å². The lowest BCUT2D eigenvalue weighted by atomic mass is 9.83. The van der Waals surface area contributed by atoms with Crippen LogP contribution in [0.4, 0.5) is 0 Å². The van der Waals surface area contributed by atoms with Gasteiger partial charge in [-0.3, -0.25) is 33.6 Å². The third-order valence-electron chi connectivity index (χ3n) is 15.7. The first-order valence-corrected chi connectivity index (χ1v) is 26.9. The number of nitrogens with one attached hydrogen (secondary N) is 8. The number of carbonyl (C=O) groups is 7. The van der Waals surface area contributed by atoms with Gasteiger partial charge in [0.05, 0.1) is 12.1 Å². The number of likely N-dealkylation sites (tertiary alicyclic amines) is 2. The molecule has 71 heavy (non-hydrogen) atoms. The molecule has 2 saturated carbocycles. The van der Waals surface area contributed by atoms with Crippen LogP contribution in [0.25, 0.3) is 0 Å². The van der Waals surface area contributed by atoms with Gasteiger partial charge in [-0.15, -0.1) is 0 Å². The van der Waals surface area contributed by atoms with Crippen LogP contribution in [0.1, 0.15) is 166 Å². The number of rotatable bonds is 21. The standard InChI is InChI=1S/C54H90N10O7/c1-34(55-9)46(65)61-44(53(3,4)5)51(70)63-28-18-26-40(63)31-57-41(36-20-13-11-14-21-36)32-58-48(67)38-24-17-25-39(30-38)49(68)59-33-42(37-22-15-12-16-23-37)60-50(69)43-27-19-29-64(43)52(71)45(54(6,7)8)62-47(66)35(2)56-10/h17,24-25,30,34-37,40-45,55-57H,11-16,18-23,26-29,31-33H2,1-10H3,(H,58,67)(H,59,68)(H,60,69)(H,61,65)(H,62,66)/t34-,35-,40?,41+,42+,43?,44+,45+/m0/s1. The lowest BCUT2D eigenvalue weighted by Gasteiger charge is -2.37. The third kappa shape index (κ3) is 15.9. The molecule has 2 heterocycles. The summed E-state index contributed by atoms with van der Waals surface area (Å²) in [6.45, 7) is 17.3. The second-order valence-corrected chi connectivity index (χ2v) is 23.1. The molecule has 17 heteroatoms. The maximum Gasteiger partial charge on any atom is 0.251 e. The first-order valence-electron chi connectivity index (χ1n) is 26.9. The number of amides is 7. The molecule has 4 fully saturated rings.